The van der Waals surface area contributed by atoms with E-state index in [9.17, 15) is 24.5 Å². The number of non-ortho nitro benzene ring substituents is 1. The molecule has 120 valence electrons. The fourth-order valence-electron chi connectivity index (χ4n) is 2.31. The van der Waals surface area contributed by atoms with E-state index in [2.05, 4.69) is 0 Å². The number of nitro groups is 1. The van der Waals surface area contributed by atoms with Gasteiger partial charge in [-0.15, -0.1) is 0 Å². The summed E-state index contributed by atoms with van der Waals surface area (Å²) in [6.07, 6.45) is 0. The summed E-state index contributed by atoms with van der Waals surface area (Å²) in [5.74, 6) is -1.85. The van der Waals surface area contributed by atoms with Crippen molar-refractivity contribution in [2.24, 2.45) is 0 Å². The first-order chi connectivity index (χ1) is 11.5. The van der Waals surface area contributed by atoms with Gasteiger partial charge in [-0.25, -0.2) is 4.79 Å². The van der Waals surface area contributed by atoms with Crippen molar-refractivity contribution in [1.29, 1.82) is 0 Å². The molecule has 3 rings (SSSR count). The van der Waals surface area contributed by atoms with Crippen LogP contribution in [0.5, 0.6) is 5.75 Å². The van der Waals surface area contributed by atoms with Gasteiger partial charge in [-0.2, -0.15) is 0 Å². The van der Waals surface area contributed by atoms with Crippen molar-refractivity contribution in [2.45, 2.75) is 0 Å². The summed E-state index contributed by atoms with van der Waals surface area (Å²) in [6.45, 7) is -0.538. The monoisotopic (exact) mass is 326 g/mol. The molecule has 0 N–H and O–H groups in total. The van der Waals surface area contributed by atoms with Gasteiger partial charge in [-0.3, -0.25) is 24.6 Å². The fraction of sp³-hybridized carbons (Fsp3) is 0.0625. The lowest BCUT2D eigenvalue weighted by Crippen LogP contribution is -2.36. The van der Waals surface area contributed by atoms with Gasteiger partial charge in [0, 0.05) is 12.1 Å². The second-order valence-electron chi connectivity index (χ2n) is 4.97. The molecule has 24 heavy (non-hydrogen) atoms. The molecule has 0 radical (unpaired) electrons. The maximum atomic E-state index is 12.1. The molecule has 2 aromatic rings. The summed E-state index contributed by atoms with van der Waals surface area (Å²) in [5.41, 5.74) is 0.339. The number of rotatable bonds is 4. The van der Waals surface area contributed by atoms with Gasteiger partial charge < -0.3 is 4.74 Å². The molecular weight excluding hydrogens is 316 g/mol. The number of fused-ring (bicyclic) bond motifs is 1. The summed E-state index contributed by atoms with van der Waals surface area (Å²) in [7, 11) is 0. The molecule has 8 heteroatoms. The summed E-state index contributed by atoms with van der Waals surface area (Å²) < 4.78 is 5.00. The lowest BCUT2D eigenvalue weighted by atomic mass is 10.1. The predicted octanol–water partition coefficient (Wildman–Crippen LogP) is 1.80. The van der Waals surface area contributed by atoms with Crippen LogP contribution in [0.4, 0.5) is 5.69 Å². The number of nitro benzene ring substituents is 1. The van der Waals surface area contributed by atoms with Gasteiger partial charge in [0.15, 0.2) is 0 Å². The highest BCUT2D eigenvalue weighted by atomic mass is 16.6. The van der Waals surface area contributed by atoms with E-state index >= 15 is 0 Å². The molecule has 0 atom stereocenters. The van der Waals surface area contributed by atoms with Crippen molar-refractivity contribution in [3.63, 3.8) is 0 Å². The highest BCUT2D eigenvalue weighted by Crippen LogP contribution is 2.23. The number of hydrogen-bond acceptors (Lipinski definition) is 6. The third kappa shape index (κ3) is 2.72. The van der Waals surface area contributed by atoms with Crippen LogP contribution in [0.1, 0.15) is 20.7 Å². The van der Waals surface area contributed by atoms with E-state index in [1.807, 2.05) is 0 Å². The number of carbonyl (C=O) groups excluding carboxylic acids is 3. The zero-order valence-electron chi connectivity index (χ0n) is 12.2. The Labute approximate surface area is 135 Å². The van der Waals surface area contributed by atoms with Gasteiger partial charge in [0.25, 0.3) is 17.5 Å². The van der Waals surface area contributed by atoms with Crippen molar-refractivity contribution in [2.75, 3.05) is 6.54 Å². The Morgan fingerprint density at radius 1 is 1.00 bits per heavy atom. The second-order valence-corrected chi connectivity index (χ2v) is 4.97. The number of benzene rings is 2. The molecule has 0 aromatic heterocycles. The number of carbonyl (C=O) groups is 3. The first kappa shape index (κ1) is 15.3. The molecule has 0 aliphatic carbocycles. The summed E-state index contributed by atoms with van der Waals surface area (Å²) in [5, 5.41) is 10.6. The quantitative estimate of drug-likeness (QED) is 0.279. The molecule has 1 heterocycles. The Morgan fingerprint density at radius 3 is 2.04 bits per heavy atom. The lowest BCUT2D eigenvalue weighted by Gasteiger charge is -2.12. The Morgan fingerprint density at radius 2 is 1.54 bits per heavy atom. The number of nitrogens with zero attached hydrogens (tertiary/aromatic N) is 2. The van der Waals surface area contributed by atoms with Crippen LogP contribution in [0.2, 0.25) is 0 Å². The zero-order chi connectivity index (χ0) is 17.3. The Hall–Kier alpha value is -3.55. The number of imide groups is 1. The van der Waals surface area contributed by atoms with Crippen LogP contribution in [0.15, 0.2) is 48.5 Å². The largest absolute Gasteiger partial charge is 0.425 e. The van der Waals surface area contributed by atoms with Gasteiger partial charge in [-0.1, -0.05) is 12.1 Å². The predicted molar refractivity (Wildman–Crippen MR) is 80.5 cm³/mol. The molecule has 1 aliphatic heterocycles. The zero-order valence-corrected chi connectivity index (χ0v) is 12.2. The van der Waals surface area contributed by atoms with E-state index in [0.717, 1.165) is 4.90 Å². The average molecular weight is 326 g/mol. The van der Waals surface area contributed by atoms with Crippen LogP contribution in [-0.4, -0.2) is 34.2 Å². The normalized spacial score (nSPS) is 12.9. The van der Waals surface area contributed by atoms with E-state index in [1.54, 1.807) is 12.1 Å². The van der Waals surface area contributed by atoms with Crippen molar-refractivity contribution >= 4 is 23.5 Å². The van der Waals surface area contributed by atoms with Crippen LogP contribution < -0.4 is 4.74 Å². The van der Waals surface area contributed by atoms with Crippen LogP contribution in [-0.2, 0) is 4.79 Å². The lowest BCUT2D eigenvalue weighted by molar-refractivity contribution is -0.384. The third-order valence-corrected chi connectivity index (χ3v) is 3.44. The van der Waals surface area contributed by atoms with Gasteiger partial charge in [-0.05, 0) is 24.3 Å². The number of esters is 1. The van der Waals surface area contributed by atoms with E-state index in [4.69, 9.17) is 4.74 Å². The molecule has 0 saturated carbocycles. The number of amides is 2. The highest BCUT2D eigenvalue weighted by Gasteiger charge is 2.36. The third-order valence-electron chi connectivity index (χ3n) is 3.44. The number of hydrogen-bond donors (Lipinski definition) is 0. The first-order valence-corrected chi connectivity index (χ1v) is 6.88. The van der Waals surface area contributed by atoms with Crippen LogP contribution >= 0.6 is 0 Å². The van der Waals surface area contributed by atoms with Crippen molar-refractivity contribution in [3.05, 3.63) is 69.8 Å². The van der Waals surface area contributed by atoms with E-state index in [1.165, 1.54) is 36.4 Å². The van der Waals surface area contributed by atoms with Crippen molar-refractivity contribution in [1.82, 2.24) is 4.90 Å². The van der Waals surface area contributed by atoms with E-state index < -0.39 is 29.3 Å². The summed E-state index contributed by atoms with van der Waals surface area (Å²) in [4.78, 5) is 47.0. The maximum absolute atomic E-state index is 12.1. The summed E-state index contributed by atoms with van der Waals surface area (Å²) >= 11 is 0. The molecule has 0 bridgehead atoms. The first-order valence-electron chi connectivity index (χ1n) is 6.88. The molecular formula is C16H10N2O6. The SMILES string of the molecule is O=C(CN1C(=O)c2ccccc2C1=O)Oc1ccc([N+](=O)[O-])cc1. The minimum absolute atomic E-state index is 0.0854. The van der Waals surface area contributed by atoms with Crippen LogP contribution in [0.25, 0.3) is 0 Å². The molecule has 2 amide bonds. The standard InChI is InChI=1S/C16H10N2O6/c19-14(24-11-7-5-10(6-8-11)18(22)23)9-17-15(20)12-3-1-2-4-13(12)16(17)21/h1-8H,9H2. The summed E-state index contributed by atoms with van der Waals surface area (Å²) in [6, 6.07) is 11.2. The Bertz CT molecular complexity index is 824. The van der Waals surface area contributed by atoms with E-state index in [-0.39, 0.29) is 22.6 Å². The molecule has 2 aromatic carbocycles. The Kier molecular flexibility index (Phi) is 3.78. The minimum Gasteiger partial charge on any atom is -0.425 e. The van der Waals surface area contributed by atoms with E-state index in [0.29, 0.717) is 0 Å². The van der Waals surface area contributed by atoms with Crippen molar-refractivity contribution < 1.29 is 24.0 Å². The van der Waals surface area contributed by atoms with Crippen LogP contribution in [0.3, 0.4) is 0 Å². The molecule has 0 unspecified atom stereocenters. The van der Waals surface area contributed by atoms with Crippen molar-refractivity contribution in [3.8, 4) is 5.75 Å². The second kappa shape index (κ2) is 5.92. The number of ether oxygens (including phenoxy) is 1. The minimum atomic E-state index is -0.821. The van der Waals surface area contributed by atoms with Gasteiger partial charge >= 0.3 is 5.97 Å². The molecule has 0 spiro atoms. The average Bonchev–Trinajstić information content (AvgIpc) is 2.81. The van der Waals surface area contributed by atoms with Gasteiger partial charge in [0.2, 0.25) is 0 Å². The molecule has 0 saturated heterocycles. The topological polar surface area (TPSA) is 107 Å². The molecule has 0 fully saturated rings. The molecule has 8 nitrogen and oxygen atoms in total. The smallest absolute Gasteiger partial charge is 0.331 e. The highest BCUT2D eigenvalue weighted by molar-refractivity contribution is 6.22. The van der Waals surface area contributed by atoms with Gasteiger partial charge in [0.1, 0.15) is 12.3 Å². The maximum Gasteiger partial charge on any atom is 0.331 e. The van der Waals surface area contributed by atoms with Crippen LogP contribution in [0, 0.1) is 10.1 Å². The molecule has 1 aliphatic rings. The van der Waals surface area contributed by atoms with Gasteiger partial charge in [0.05, 0.1) is 16.1 Å². The fourth-order valence-corrected chi connectivity index (χ4v) is 2.31. The Balaban J connectivity index is 1.69.